The van der Waals surface area contributed by atoms with Gasteiger partial charge in [0.05, 0.1) is 22.8 Å². The van der Waals surface area contributed by atoms with E-state index in [0.29, 0.717) is 5.92 Å². The van der Waals surface area contributed by atoms with E-state index in [4.69, 9.17) is 0 Å². The van der Waals surface area contributed by atoms with Crippen LogP contribution in [0, 0.1) is 0 Å². The minimum Gasteiger partial charge on any atom is -0.334 e. The molecule has 0 aliphatic heterocycles. The summed E-state index contributed by atoms with van der Waals surface area (Å²) in [6.07, 6.45) is 7.04. The highest BCUT2D eigenvalue weighted by molar-refractivity contribution is 6.18. The monoisotopic (exact) mass is 792 g/mol. The number of hydrogen-bond donors (Lipinski definition) is 0. The van der Waals surface area contributed by atoms with Gasteiger partial charge in [-0.15, -0.1) is 0 Å². The van der Waals surface area contributed by atoms with E-state index in [1.807, 2.05) is 0 Å². The quantitative estimate of drug-likeness (QED) is 0.115. The first-order valence-electron chi connectivity index (χ1n) is 21.9. The van der Waals surface area contributed by atoms with Gasteiger partial charge in [-0.25, -0.2) is 0 Å². The molecule has 2 atom stereocenters. The van der Waals surface area contributed by atoms with E-state index in [-0.39, 0.29) is 6.04 Å². The number of anilines is 2. The fraction of sp³-hybridized carbons (Fsp3) is 0.0667. The lowest BCUT2D eigenvalue weighted by atomic mass is 9.82. The van der Waals surface area contributed by atoms with E-state index in [2.05, 4.69) is 240 Å². The van der Waals surface area contributed by atoms with Gasteiger partial charge in [-0.1, -0.05) is 194 Å². The first kappa shape index (κ1) is 36.2. The number of fused-ring (bicyclic) bond motifs is 8. The molecule has 0 fully saturated rings. The molecule has 62 heavy (non-hydrogen) atoms. The van der Waals surface area contributed by atoms with Crippen molar-refractivity contribution in [2.45, 2.75) is 24.8 Å². The number of allylic oxidation sites excluding steroid dienone is 1. The number of aromatic nitrogens is 1. The molecule has 1 heterocycles. The summed E-state index contributed by atoms with van der Waals surface area (Å²) in [6.45, 7) is 0. The zero-order valence-electron chi connectivity index (χ0n) is 34.4. The summed E-state index contributed by atoms with van der Waals surface area (Å²) in [5, 5.41) is 10.2. The van der Waals surface area contributed by atoms with E-state index in [1.54, 1.807) is 0 Å². The van der Waals surface area contributed by atoms with Gasteiger partial charge in [-0.05, 0) is 98.6 Å². The van der Waals surface area contributed by atoms with E-state index < -0.39 is 0 Å². The normalized spacial score (nSPS) is 15.2. The maximum absolute atomic E-state index is 2.60. The molecule has 12 rings (SSSR count). The Bertz CT molecular complexity index is 3470. The molecule has 0 bridgehead atoms. The van der Waals surface area contributed by atoms with Crippen LogP contribution in [0.4, 0.5) is 11.4 Å². The first-order chi connectivity index (χ1) is 30.8. The highest BCUT2D eigenvalue weighted by atomic mass is 15.2. The van der Waals surface area contributed by atoms with Crippen LogP contribution < -0.4 is 4.90 Å². The number of rotatable bonds is 7. The number of nitrogens with zero attached hydrogens (tertiary/aromatic N) is 2. The van der Waals surface area contributed by atoms with Gasteiger partial charge in [0.15, 0.2) is 0 Å². The minimum atomic E-state index is 0.187. The van der Waals surface area contributed by atoms with Crippen molar-refractivity contribution in [1.82, 2.24) is 4.57 Å². The van der Waals surface area contributed by atoms with Crippen molar-refractivity contribution < 1.29 is 0 Å². The van der Waals surface area contributed by atoms with Crippen molar-refractivity contribution in [3.05, 3.63) is 236 Å². The van der Waals surface area contributed by atoms with Crippen LogP contribution in [0.5, 0.6) is 0 Å². The van der Waals surface area contributed by atoms with Crippen LogP contribution >= 0.6 is 0 Å². The second kappa shape index (κ2) is 15.1. The first-order valence-corrected chi connectivity index (χ1v) is 21.9. The van der Waals surface area contributed by atoms with Gasteiger partial charge in [0.25, 0.3) is 0 Å². The van der Waals surface area contributed by atoms with Crippen LogP contribution in [-0.4, -0.2) is 10.6 Å². The maximum Gasteiger partial charge on any atom is 0.0619 e. The van der Waals surface area contributed by atoms with Crippen molar-refractivity contribution in [2.75, 3.05) is 4.90 Å². The zero-order valence-corrected chi connectivity index (χ0v) is 34.4. The van der Waals surface area contributed by atoms with Crippen molar-refractivity contribution in [1.29, 1.82) is 0 Å². The second-order valence-corrected chi connectivity index (χ2v) is 16.8. The minimum absolute atomic E-state index is 0.187. The van der Waals surface area contributed by atoms with Crippen molar-refractivity contribution in [3.63, 3.8) is 0 Å². The third-order valence-electron chi connectivity index (χ3n) is 13.3. The summed E-state index contributed by atoms with van der Waals surface area (Å²) in [7, 11) is 0. The summed E-state index contributed by atoms with van der Waals surface area (Å²) in [4.78, 5) is 2.60. The fourth-order valence-electron chi connectivity index (χ4n) is 10.3. The van der Waals surface area contributed by atoms with Gasteiger partial charge in [-0.2, -0.15) is 0 Å². The molecule has 2 unspecified atom stereocenters. The molecule has 0 saturated carbocycles. The SMILES string of the molecule is C1=CC(N(c2ccc(-c3ccccc3)cc2)c2cc3ccccc3c3ccccc23)CCC1c1ccccc1-c1ccc(-n2c3ccccc3c3ccc4ccccc4c32)cc1. The molecule has 10 aromatic carbocycles. The molecule has 1 aliphatic carbocycles. The Morgan fingerprint density at radius 1 is 0.403 bits per heavy atom. The lowest BCUT2D eigenvalue weighted by molar-refractivity contribution is 0.587. The Hall–Kier alpha value is -7.68. The summed E-state index contributed by atoms with van der Waals surface area (Å²) >= 11 is 0. The van der Waals surface area contributed by atoms with Crippen LogP contribution in [0.2, 0.25) is 0 Å². The number of para-hydroxylation sites is 1. The molecular weight excluding hydrogens is 749 g/mol. The third-order valence-corrected chi connectivity index (χ3v) is 13.3. The molecule has 0 radical (unpaired) electrons. The molecule has 1 aliphatic rings. The average Bonchev–Trinajstić information content (AvgIpc) is 3.70. The Morgan fingerprint density at radius 2 is 1.03 bits per heavy atom. The predicted molar refractivity (Wildman–Crippen MR) is 264 cm³/mol. The van der Waals surface area contributed by atoms with Gasteiger partial charge < -0.3 is 9.47 Å². The van der Waals surface area contributed by atoms with E-state index in [9.17, 15) is 0 Å². The molecule has 11 aromatic rings. The van der Waals surface area contributed by atoms with Crippen LogP contribution in [0.1, 0.15) is 24.3 Å². The zero-order chi connectivity index (χ0) is 41.0. The van der Waals surface area contributed by atoms with E-state index in [1.165, 1.54) is 99.0 Å². The second-order valence-electron chi connectivity index (χ2n) is 16.8. The van der Waals surface area contributed by atoms with Gasteiger partial charge >= 0.3 is 0 Å². The topological polar surface area (TPSA) is 8.17 Å². The molecule has 0 amide bonds. The Balaban J connectivity index is 0.912. The van der Waals surface area contributed by atoms with Crippen molar-refractivity contribution in [2.24, 2.45) is 0 Å². The fourth-order valence-corrected chi connectivity index (χ4v) is 10.3. The Morgan fingerprint density at radius 3 is 1.82 bits per heavy atom. The largest absolute Gasteiger partial charge is 0.334 e. The number of benzene rings is 10. The molecule has 294 valence electrons. The van der Waals surface area contributed by atoms with Gasteiger partial charge in [0.2, 0.25) is 0 Å². The summed E-state index contributed by atoms with van der Waals surface area (Å²) in [5.41, 5.74) is 12.5. The molecule has 0 saturated heterocycles. The van der Waals surface area contributed by atoms with Crippen molar-refractivity contribution >= 4 is 65.5 Å². The van der Waals surface area contributed by atoms with Crippen LogP contribution in [0.15, 0.2) is 231 Å². The van der Waals surface area contributed by atoms with Gasteiger partial charge in [0, 0.05) is 38.8 Å². The van der Waals surface area contributed by atoms with E-state index >= 15 is 0 Å². The lowest BCUT2D eigenvalue weighted by Gasteiger charge is -2.36. The van der Waals surface area contributed by atoms with Gasteiger partial charge in [-0.3, -0.25) is 0 Å². The molecule has 0 N–H and O–H groups in total. The van der Waals surface area contributed by atoms with Crippen molar-refractivity contribution in [3.8, 4) is 27.9 Å². The molecular formula is C60H44N2. The van der Waals surface area contributed by atoms with Crippen LogP contribution in [0.3, 0.4) is 0 Å². The molecule has 2 heteroatoms. The highest BCUT2D eigenvalue weighted by Crippen LogP contribution is 2.44. The molecule has 1 aromatic heterocycles. The highest BCUT2D eigenvalue weighted by Gasteiger charge is 2.27. The predicted octanol–water partition coefficient (Wildman–Crippen LogP) is 16.2. The number of hydrogen-bond acceptors (Lipinski definition) is 1. The molecule has 0 spiro atoms. The summed E-state index contributed by atoms with van der Waals surface area (Å²) in [6, 6.07) is 80.6. The molecule has 2 nitrogen and oxygen atoms in total. The lowest BCUT2D eigenvalue weighted by Crippen LogP contribution is -2.32. The smallest absolute Gasteiger partial charge is 0.0619 e. The summed E-state index contributed by atoms with van der Waals surface area (Å²) < 4.78 is 2.45. The van der Waals surface area contributed by atoms with Gasteiger partial charge in [0.1, 0.15) is 0 Å². The third kappa shape index (κ3) is 6.10. The van der Waals surface area contributed by atoms with E-state index in [0.717, 1.165) is 12.8 Å². The Labute approximate surface area is 362 Å². The standard InChI is InChI=1S/C60H44N2/c1-2-14-41(15-3-1)42-26-33-47(34-27-42)61(59-40-46-17-5-6-20-52(46)54-22-10-11-23-55(54)59)48-35-28-44(29-36-48)50-18-8-9-19-51(50)45-30-37-49(38-31-45)62-58-25-13-12-24-56(58)57-39-32-43-16-4-7-21-53(43)60(57)62/h1-28,30-35,37-40,44,48H,29,36H2. The Kier molecular flexibility index (Phi) is 8.81. The van der Waals surface area contributed by atoms with Crippen LogP contribution in [-0.2, 0) is 0 Å². The average molecular weight is 793 g/mol. The van der Waals surface area contributed by atoms with Crippen LogP contribution in [0.25, 0.3) is 82.1 Å². The summed E-state index contributed by atoms with van der Waals surface area (Å²) in [5.74, 6) is 0.307. The maximum atomic E-state index is 2.60.